The van der Waals surface area contributed by atoms with Gasteiger partial charge in [0.25, 0.3) is 5.56 Å². The highest BCUT2D eigenvalue weighted by Gasteiger charge is 2.20. The molecule has 6 nitrogen and oxygen atoms in total. The average Bonchev–Trinajstić information content (AvgIpc) is 2.72. The van der Waals surface area contributed by atoms with E-state index < -0.39 is 6.10 Å². The first-order valence-electron chi connectivity index (χ1n) is 9.45. The van der Waals surface area contributed by atoms with Gasteiger partial charge in [-0.2, -0.15) is 0 Å². The van der Waals surface area contributed by atoms with Gasteiger partial charge < -0.3 is 10.0 Å². The molecule has 7 heteroatoms. The molecule has 0 bridgehead atoms. The van der Waals surface area contributed by atoms with Crippen molar-refractivity contribution in [2.24, 2.45) is 0 Å². The number of nitrogens with zero attached hydrogens (tertiary/aromatic N) is 4. The van der Waals surface area contributed by atoms with Crippen molar-refractivity contribution < 1.29 is 5.11 Å². The summed E-state index contributed by atoms with van der Waals surface area (Å²) in [6.07, 6.45) is 0.856. The number of para-hydroxylation sites is 1. The quantitative estimate of drug-likeness (QED) is 0.714. The van der Waals surface area contributed by atoms with Gasteiger partial charge in [0.2, 0.25) is 0 Å². The predicted octanol–water partition coefficient (Wildman–Crippen LogP) is 2.23. The molecular formula is C21H23ClN4O2. The van der Waals surface area contributed by atoms with Crippen molar-refractivity contribution in [1.29, 1.82) is 0 Å². The maximum Gasteiger partial charge on any atom is 0.261 e. The molecular weight excluding hydrogens is 376 g/mol. The Hall–Kier alpha value is -2.41. The van der Waals surface area contributed by atoms with Crippen LogP contribution in [-0.4, -0.2) is 58.4 Å². The monoisotopic (exact) mass is 398 g/mol. The van der Waals surface area contributed by atoms with Crippen LogP contribution in [-0.2, 0) is 6.54 Å². The molecule has 0 unspecified atom stereocenters. The van der Waals surface area contributed by atoms with Gasteiger partial charge >= 0.3 is 0 Å². The first-order valence-corrected chi connectivity index (χ1v) is 9.83. The molecule has 4 rings (SSSR count). The van der Waals surface area contributed by atoms with Crippen molar-refractivity contribution in [3.05, 3.63) is 70.2 Å². The lowest BCUT2D eigenvalue weighted by Gasteiger charge is -2.36. The zero-order valence-electron chi connectivity index (χ0n) is 15.5. The molecule has 28 heavy (non-hydrogen) atoms. The molecule has 0 radical (unpaired) electrons. The van der Waals surface area contributed by atoms with Crippen LogP contribution in [0.5, 0.6) is 0 Å². The molecule has 1 fully saturated rings. The van der Waals surface area contributed by atoms with Crippen LogP contribution in [0.15, 0.2) is 59.7 Å². The van der Waals surface area contributed by atoms with Gasteiger partial charge in [0.1, 0.15) is 0 Å². The van der Waals surface area contributed by atoms with Crippen molar-refractivity contribution in [2.75, 3.05) is 37.6 Å². The molecule has 2 aromatic carbocycles. The third-order valence-corrected chi connectivity index (χ3v) is 5.39. The lowest BCUT2D eigenvalue weighted by Crippen LogP contribution is -2.49. The third-order valence-electron chi connectivity index (χ3n) is 5.16. The molecule has 0 saturated carbocycles. The van der Waals surface area contributed by atoms with Gasteiger partial charge in [-0.3, -0.25) is 14.3 Å². The molecule has 1 N–H and O–H groups in total. The minimum Gasteiger partial charge on any atom is -0.390 e. The van der Waals surface area contributed by atoms with E-state index in [-0.39, 0.29) is 12.1 Å². The highest BCUT2D eigenvalue weighted by molar-refractivity contribution is 6.31. The van der Waals surface area contributed by atoms with Crippen LogP contribution in [0.2, 0.25) is 5.02 Å². The average molecular weight is 399 g/mol. The molecule has 0 amide bonds. The first kappa shape index (κ1) is 18.9. The van der Waals surface area contributed by atoms with E-state index in [0.29, 0.717) is 22.5 Å². The summed E-state index contributed by atoms with van der Waals surface area (Å²) in [7, 11) is 0. The van der Waals surface area contributed by atoms with E-state index >= 15 is 0 Å². The highest BCUT2D eigenvalue weighted by atomic mass is 35.5. The molecule has 0 aliphatic carbocycles. The SMILES string of the molecule is O=c1c2cc(Cl)ccc2ncn1C[C@@H](O)CN1CCN(c2ccccc2)CC1. The van der Waals surface area contributed by atoms with E-state index in [1.165, 1.54) is 16.6 Å². The Bertz CT molecular complexity index is 1000. The Morgan fingerprint density at radius 2 is 1.79 bits per heavy atom. The van der Waals surface area contributed by atoms with Gasteiger partial charge in [-0.05, 0) is 30.3 Å². The number of hydrogen-bond donors (Lipinski definition) is 1. The summed E-state index contributed by atoms with van der Waals surface area (Å²) in [5.41, 5.74) is 1.66. The van der Waals surface area contributed by atoms with Gasteiger partial charge in [-0.1, -0.05) is 29.8 Å². The Balaban J connectivity index is 1.36. The number of fused-ring (bicyclic) bond motifs is 1. The Kier molecular flexibility index (Phi) is 5.62. The Labute approximate surface area is 168 Å². The first-order chi connectivity index (χ1) is 13.6. The molecule has 1 aliphatic heterocycles. The highest BCUT2D eigenvalue weighted by Crippen LogP contribution is 2.16. The van der Waals surface area contributed by atoms with E-state index in [1.807, 2.05) is 18.2 Å². The van der Waals surface area contributed by atoms with E-state index in [4.69, 9.17) is 11.6 Å². The van der Waals surface area contributed by atoms with Gasteiger partial charge in [0.15, 0.2) is 0 Å². The second-order valence-electron chi connectivity index (χ2n) is 7.14. The molecule has 1 atom stereocenters. The van der Waals surface area contributed by atoms with Crippen molar-refractivity contribution >= 4 is 28.2 Å². The molecule has 1 saturated heterocycles. The number of β-amino-alcohol motifs (C(OH)–C–C–N with tert-alkyl or cyclic N) is 1. The Morgan fingerprint density at radius 3 is 2.54 bits per heavy atom. The van der Waals surface area contributed by atoms with Crippen LogP contribution >= 0.6 is 11.6 Å². The maximum atomic E-state index is 12.6. The van der Waals surface area contributed by atoms with Gasteiger partial charge in [-0.15, -0.1) is 0 Å². The smallest absolute Gasteiger partial charge is 0.261 e. The van der Waals surface area contributed by atoms with Gasteiger partial charge in [-0.25, -0.2) is 4.98 Å². The zero-order valence-corrected chi connectivity index (χ0v) is 16.3. The van der Waals surface area contributed by atoms with Crippen molar-refractivity contribution in [2.45, 2.75) is 12.6 Å². The second kappa shape index (κ2) is 8.31. The minimum absolute atomic E-state index is 0.180. The molecule has 146 valence electrons. The number of benzene rings is 2. The van der Waals surface area contributed by atoms with Gasteiger partial charge in [0, 0.05) is 43.4 Å². The van der Waals surface area contributed by atoms with Gasteiger partial charge in [0.05, 0.1) is 29.9 Å². The summed E-state index contributed by atoms with van der Waals surface area (Å²) in [5, 5.41) is 11.5. The van der Waals surface area contributed by atoms with E-state index in [1.54, 1.807) is 18.2 Å². The minimum atomic E-state index is -0.639. The van der Waals surface area contributed by atoms with E-state index in [2.05, 4.69) is 26.9 Å². The lowest BCUT2D eigenvalue weighted by molar-refractivity contribution is 0.0940. The third kappa shape index (κ3) is 4.19. The standard InChI is InChI=1S/C21H23ClN4O2/c22-16-6-7-20-19(12-16)21(28)26(15-23-20)14-18(27)13-24-8-10-25(11-9-24)17-4-2-1-3-5-17/h1-7,12,15,18,27H,8-11,13-14H2/t18-/m0/s1. The summed E-state index contributed by atoms with van der Waals surface area (Å²) < 4.78 is 1.46. The lowest BCUT2D eigenvalue weighted by atomic mass is 10.2. The molecule has 3 aromatic rings. The number of aliphatic hydroxyl groups is 1. The van der Waals surface area contributed by atoms with Crippen molar-refractivity contribution in [1.82, 2.24) is 14.5 Å². The topological polar surface area (TPSA) is 61.6 Å². The molecule has 0 spiro atoms. The van der Waals surface area contributed by atoms with E-state index in [0.717, 1.165) is 26.2 Å². The summed E-state index contributed by atoms with van der Waals surface area (Å²) in [6, 6.07) is 15.4. The predicted molar refractivity (Wildman–Crippen MR) is 112 cm³/mol. The molecule has 2 heterocycles. The van der Waals surface area contributed by atoms with Crippen molar-refractivity contribution in [3.8, 4) is 0 Å². The van der Waals surface area contributed by atoms with E-state index in [9.17, 15) is 9.90 Å². The van der Waals surface area contributed by atoms with Crippen LogP contribution in [0.25, 0.3) is 10.9 Å². The normalized spacial score (nSPS) is 16.4. The number of anilines is 1. The van der Waals surface area contributed by atoms with Crippen LogP contribution in [0.1, 0.15) is 0 Å². The van der Waals surface area contributed by atoms with Crippen LogP contribution in [0.4, 0.5) is 5.69 Å². The summed E-state index contributed by atoms with van der Waals surface area (Å²) in [6.45, 7) is 4.36. The van der Waals surface area contributed by atoms with Crippen LogP contribution in [0, 0.1) is 0 Å². The van der Waals surface area contributed by atoms with Crippen molar-refractivity contribution in [3.63, 3.8) is 0 Å². The second-order valence-corrected chi connectivity index (χ2v) is 7.58. The molecule has 1 aliphatic rings. The fourth-order valence-corrected chi connectivity index (χ4v) is 3.84. The largest absolute Gasteiger partial charge is 0.390 e. The van der Waals surface area contributed by atoms with Crippen LogP contribution in [0.3, 0.4) is 0 Å². The Morgan fingerprint density at radius 1 is 1.04 bits per heavy atom. The summed E-state index contributed by atoms with van der Waals surface area (Å²) in [4.78, 5) is 21.5. The number of halogens is 1. The number of aliphatic hydroxyl groups excluding tert-OH is 1. The fourth-order valence-electron chi connectivity index (χ4n) is 3.67. The number of aromatic nitrogens is 2. The number of rotatable bonds is 5. The molecule has 1 aromatic heterocycles. The summed E-state index contributed by atoms with van der Waals surface area (Å²) in [5.74, 6) is 0. The number of hydrogen-bond acceptors (Lipinski definition) is 5. The fraction of sp³-hybridized carbons (Fsp3) is 0.333. The zero-order chi connectivity index (χ0) is 19.5. The van der Waals surface area contributed by atoms with Crippen LogP contribution < -0.4 is 10.5 Å². The summed E-state index contributed by atoms with van der Waals surface area (Å²) >= 11 is 6.00. The maximum absolute atomic E-state index is 12.6. The number of piperazine rings is 1.